The van der Waals surface area contributed by atoms with Crippen molar-refractivity contribution in [1.29, 1.82) is 0 Å². The zero-order valence-corrected chi connectivity index (χ0v) is 11.4. The molecule has 0 aliphatic carbocycles. The quantitative estimate of drug-likeness (QED) is 0.783. The maximum atomic E-state index is 4.68. The van der Waals surface area contributed by atoms with Gasteiger partial charge in [0.05, 0.1) is 4.70 Å². The van der Waals surface area contributed by atoms with Crippen LogP contribution in [0.25, 0.3) is 10.1 Å². The summed E-state index contributed by atoms with van der Waals surface area (Å²) in [4.78, 5) is 4.97. The molecule has 0 spiro atoms. The van der Waals surface area contributed by atoms with Crippen LogP contribution in [0.3, 0.4) is 0 Å². The highest BCUT2D eigenvalue weighted by Gasteiger charge is 2.39. The van der Waals surface area contributed by atoms with E-state index in [0.29, 0.717) is 0 Å². The number of rotatable bonds is 1. The molecular formula is C14H17N3S. The lowest BCUT2D eigenvalue weighted by Gasteiger charge is -2.19. The summed E-state index contributed by atoms with van der Waals surface area (Å²) < 4.78 is 5.98. The minimum absolute atomic E-state index is 0.843. The molecule has 4 heteroatoms. The molecule has 18 heavy (non-hydrogen) atoms. The van der Waals surface area contributed by atoms with E-state index in [0.717, 1.165) is 11.8 Å². The van der Waals surface area contributed by atoms with E-state index < -0.39 is 0 Å². The van der Waals surface area contributed by atoms with Gasteiger partial charge in [-0.05, 0) is 42.5 Å². The lowest BCUT2D eigenvalue weighted by molar-refractivity contribution is 0.387. The first-order chi connectivity index (χ1) is 8.81. The second kappa shape index (κ2) is 3.93. The van der Waals surface area contributed by atoms with Crippen LogP contribution in [0, 0.1) is 11.8 Å². The van der Waals surface area contributed by atoms with Gasteiger partial charge in [-0.2, -0.15) is 4.37 Å². The van der Waals surface area contributed by atoms with Crippen LogP contribution < -0.4 is 4.90 Å². The third-order valence-corrected chi connectivity index (χ3v) is 5.14. The summed E-state index contributed by atoms with van der Waals surface area (Å²) >= 11 is 1.63. The monoisotopic (exact) mass is 259 g/mol. The van der Waals surface area contributed by atoms with Crippen molar-refractivity contribution in [2.75, 3.05) is 38.1 Å². The van der Waals surface area contributed by atoms with Gasteiger partial charge in [-0.15, -0.1) is 0 Å². The van der Waals surface area contributed by atoms with Crippen LogP contribution >= 0.6 is 11.5 Å². The largest absolute Gasteiger partial charge is 0.355 e. The van der Waals surface area contributed by atoms with Crippen LogP contribution in [-0.4, -0.2) is 42.5 Å². The van der Waals surface area contributed by atoms with E-state index in [9.17, 15) is 0 Å². The van der Waals surface area contributed by atoms with Gasteiger partial charge in [0.1, 0.15) is 5.82 Å². The minimum Gasteiger partial charge on any atom is -0.355 e. The second-order valence-electron chi connectivity index (χ2n) is 5.65. The number of anilines is 1. The van der Waals surface area contributed by atoms with Gasteiger partial charge in [0.15, 0.2) is 0 Å². The first kappa shape index (κ1) is 10.8. The predicted molar refractivity (Wildman–Crippen MR) is 76.3 cm³/mol. The first-order valence-corrected chi connectivity index (χ1v) is 7.36. The summed E-state index contributed by atoms with van der Waals surface area (Å²) in [6.45, 7) is 4.87. The van der Waals surface area contributed by atoms with Crippen LogP contribution in [0.5, 0.6) is 0 Å². The smallest absolute Gasteiger partial charge is 0.150 e. The predicted octanol–water partition coefficient (Wildman–Crippen LogP) is 2.29. The van der Waals surface area contributed by atoms with Crippen LogP contribution in [0.15, 0.2) is 24.3 Å². The molecule has 2 atom stereocenters. The molecule has 94 valence electrons. The Labute approximate surface area is 111 Å². The lowest BCUT2D eigenvalue weighted by Crippen LogP contribution is -2.26. The van der Waals surface area contributed by atoms with Crippen molar-refractivity contribution in [1.82, 2.24) is 9.27 Å². The van der Waals surface area contributed by atoms with Crippen LogP contribution in [0.1, 0.15) is 0 Å². The van der Waals surface area contributed by atoms with Gasteiger partial charge in [-0.3, -0.25) is 0 Å². The topological polar surface area (TPSA) is 19.4 Å². The Morgan fingerprint density at radius 1 is 1.11 bits per heavy atom. The zero-order valence-electron chi connectivity index (χ0n) is 10.5. The van der Waals surface area contributed by atoms with Gasteiger partial charge in [0, 0.05) is 31.6 Å². The molecule has 2 aromatic rings. The lowest BCUT2D eigenvalue weighted by atomic mass is 10.0. The number of nitrogens with zero attached hydrogens (tertiary/aromatic N) is 3. The van der Waals surface area contributed by atoms with Gasteiger partial charge in [-0.25, -0.2) is 0 Å². The van der Waals surface area contributed by atoms with Crippen LogP contribution in [-0.2, 0) is 0 Å². The third-order valence-electron chi connectivity index (χ3n) is 4.33. The van der Waals surface area contributed by atoms with Crippen LogP contribution in [0.2, 0.25) is 0 Å². The number of aromatic nitrogens is 1. The summed E-state index contributed by atoms with van der Waals surface area (Å²) in [6, 6.07) is 8.58. The SMILES string of the molecule is CN1CC2CN(c3nsc4ccccc34)CC2C1. The standard InChI is InChI=1S/C14H17N3S/c1-16-6-10-8-17(9-11(10)7-16)14-12-4-2-3-5-13(12)18-15-14/h2-5,10-11H,6-9H2,1H3. The summed E-state index contributed by atoms with van der Waals surface area (Å²) in [5.74, 6) is 2.90. The average molecular weight is 259 g/mol. The Hall–Kier alpha value is -1.13. The van der Waals surface area contributed by atoms with Gasteiger partial charge in [0.2, 0.25) is 0 Å². The Kier molecular flexibility index (Phi) is 2.35. The van der Waals surface area contributed by atoms with E-state index in [-0.39, 0.29) is 0 Å². The molecule has 1 aromatic heterocycles. The fourth-order valence-corrected chi connectivity index (χ4v) is 4.30. The zero-order chi connectivity index (χ0) is 12.1. The van der Waals surface area contributed by atoms with Gasteiger partial charge in [-0.1, -0.05) is 12.1 Å². The van der Waals surface area contributed by atoms with Crippen molar-refractivity contribution in [3.63, 3.8) is 0 Å². The fourth-order valence-electron chi connectivity index (χ4n) is 3.50. The van der Waals surface area contributed by atoms with Crippen molar-refractivity contribution in [2.45, 2.75) is 0 Å². The summed E-state index contributed by atoms with van der Waals surface area (Å²) in [5.41, 5.74) is 0. The molecule has 2 saturated heterocycles. The molecule has 4 rings (SSSR count). The molecule has 1 aromatic carbocycles. The molecule has 0 saturated carbocycles. The van der Waals surface area contributed by atoms with Crippen LogP contribution in [0.4, 0.5) is 5.82 Å². The molecule has 2 aliphatic rings. The Morgan fingerprint density at radius 2 is 1.83 bits per heavy atom. The van der Waals surface area contributed by atoms with Crippen molar-refractivity contribution < 1.29 is 0 Å². The number of likely N-dealkylation sites (tertiary alicyclic amines) is 1. The fraction of sp³-hybridized carbons (Fsp3) is 0.500. The van der Waals surface area contributed by atoms with E-state index in [2.05, 4.69) is 45.5 Å². The minimum atomic E-state index is 0.843. The molecule has 2 fully saturated rings. The van der Waals surface area contributed by atoms with E-state index in [1.165, 1.54) is 42.1 Å². The number of hydrogen-bond acceptors (Lipinski definition) is 4. The number of benzene rings is 1. The Bertz CT molecular complexity index is 565. The third kappa shape index (κ3) is 1.56. The molecule has 3 nitrogen and oxygen atoms in total. The Morgan fingerprint density at radius 3 is 2.61 bits per heavy atom. The maximum absolute atomic E-state index is 4.68. The molecule has 0 N–H and O–H groups in total. The molecule has 2 aliphatic heterocycles. The second-order valence-corrected chi connectivity index (χ2v) is 6.45. The highest BCUT2D eigenvalue weighted by atomic mass is 32.1. The molecular weight excluding hydrogens is 242 g/mol. The summed E-state index contributed by atoms with van der Waals surface area (Å²) in [7, 11) is 2.24. The molecule has 0 radical (unpaired) electrons. The molecule has 3 heterocycles. The highest BCUT2D eigenvalue weighted by Crippen LogP contribution is 2.36. The van der Waals surface area contributed by atoms with Gasteiger partial charge < -0.3 is 9.80 Å². The number of fused-ring (bicyclic) bond motifs is 2. The van der Waals surface area contributed by atoms with Gasteiger partial charge >= 0.3 is 0 Å². The van der Waals surface area contributed by atoms with E-state index in [1.54, 1.807) is 11.5 Å². The molecule has 0 bridgehead atoms. The summed E-state index contributed by atoms with van der Waals surface area (Å²) in [5, 5.41) is 1.33. The normalized spacial score (nSPS) is 28.2. The van der Waals surface area contributed by atoms with Gasteiger partial charge in [0.25, 0.3) is 0 Å². The molecule has 0 amide bonds. The maximum Gasteiger partial charge on any atom is 0.150 e. The van der Waals surface area contributed by atoms with E-state index in [1.807, 2.05) is 0 Å². The van der Waals surface area contributed by atoms with Crippen molar-refractivity contribution in [3.8, 4) is 0 Å². The average Bonchev–Trinajstić information content (AvgIpc) is 2.99. The van der Waals surface area contributed by atoms with E-state index >= 15 is 0 Å². The van der Waals surface area contributed by atoms with Crippen molar-refractivity contribution >= 4 is 27.4 Å². The van der Waals surface area contributed by atoms with E-state index in [4.69, 9.17) is 0 Å². The highest BCUT2D eigenvalue weighted by molar-refractivity contribution is 7.13. The first-order valence-electron chi connectivity index (χ1n) is 6.59. The number of hydrogen-bond donors (Lipinski definition) is 0. The van der Waals surface area contributed by atoms with Crippen molar-refractivity contribution in [2.24, 2.45) is 11.8 Å². The Balaban J connectivity index is 1.65. The molecule has 2 unspecified atom stereocenters. The van der Waals surface area contributed by atoms with Crippen molar-refractivity contribution in [3.05, 3.63) is 24.3 Å². The summed E-state index contributed by atoms with van der Waals surface area (Å²) in [6.07, 6.45) is 0.